The number of nitrogens with zero attached hydrogens (tertiary/aromatic N) is 1. The highest BCUT2D eigenvalue weighted by Gasteiger charge is 2.25. The molecule has 0 bridgehead atoms. The summed E-state index contributed by atoms with van der Waals surface area (Å²) in [6.07, 6.45) is 0. The Morgan fingerprint density at radius 2 is 1.29 bits per heavy atom. The molecule has 2 aromatic carbocycles. The van der Waals surface area contributed by atoms with Crippen molar-refractivity contribution in [1.29, 1.82) is 0 Å². The van der Waals surface area contributed by atoms with Gasteiger partial charge in [-0.05, 0) is 0 Å². The Morgan fingerprint density at radius 3 is 1.81 bits per heavy atom. The zero-order valence-corrected chi connectivity index (χ0v) is 10.9. The smallest absolute Gasteiger partial charge is 0.200 e. The third-order valence-corrected chi connectivity index (χ3v) is 2.79. The van der Waals surface area contributed by atoms with Gasteiger partial charge >= 0.3 is 0 Å². The summed E-state index contributed by atoms with van der Waals surface area (Å²) >= 11 is 5.75. The van der Waals surface area contributed by atoms with E-state index in [0.717, 1.165) is 0 Å². The third-order valence-electron chi connectivity index (χ3n) is 2.49. The molecule has 0 aliphatic rings. The Morgan fingerprint density at radius 1 is 0.810 bits per heavy atom. The number of nitrogens with one attached hydrogen (secondary N) is 1. The van der Waals surface area contributed by atoms with Gasteiger partial charge in [-0.2, -0.15) is 5.10 Å². The SMILES string of the molecule is Fc1c(F)c(F)c(NN=C(Cl)c2ccccc2)c(F)c1F. The van der Waals surface area contributed by atoms with Crippen LogP contribution in [-0.4, -0.2) is 5.17 Å². The fourth-order valence-corrected chi connectivity index (χ4v) is 1.62. The zero-order chi connectivity index (χ0) is 15.6. The zero-order valence-electron chi connectivity index (χ0n) is 10.1. The second-order valence-corrected chi connectivity index (χ2v) is 4.18. The first-order valence-corrected chi connectivity index (χ1v) is 5.87. The Labute approximate surface area is 120 Å². The van der Waals surface area contributed by atoms with Crippen LogP contribution >= 0.6 is 11.6 Å². The fraction of sp³-hybridized carbons (Fsp3) is 0. The van der Waals surface area contributed by atoms with Crippen LogP contribution in [0.5, 0.6) is 0 Å². The molecule has 0 saturated heterocycles. The van der Waals surface area contributed by atoms with Crippen LogP contribution in [0.25, 0.3) is 0 Å². The minimum absolute atomic E-state index is 0.209. The number of hydrogen-bond donors (Lipinski definition) is 1. The van der Waals surface area contributed by atoms with E-state index in [9.17, 15) is 22.0 Å². The number of halogens is 6. The molecule has 2 rings (SSSR count). The Bertz CT molecular complexity index is 674. The first-order chi connectivity index (χ1) is 9.93. The molecule has 0 aliphatic heterocycles. The van der Waals surface area contributed by atoms with Crippen molar-refractivity contribution < 1.29 is 22.0 Å². The van der Waals surface area contributed by atoms with Crippen LogP contribution < -0.4 is 5.43 Å². The standard InChI is InChI=1S/C13H6ClF5N2/c14-13(6-4-2-1-3-5-6)21-20-12-10(18)8(16)7(15)9(17)11(12)19/h1-5,20H. The average Bonchev–Trinajstić information content (AvgIpc) is 2.51. The molecule has 2 nitrogen and oxygen atoms in total. The number of rotatable bonds is 3. The summed E-state index contributed by atoms with van der Waals surface area (Å²) in [5.41, 5.74) is 0.869. The molecule has 1 N–H and O–H groups in total. The third kappa shape index (κ3) is 2.97. The van der Waals surface area contributed by atoms with Crippen molar-refractivity contribution in [2.75, 3.05) is 5.43 Å². The van der Waals surface area contributed by atoms with Crippen LogP contribution in [0.4, 0.5) is 27.6 Å². The Balaban J connectivity index is 2.37. The van der Waals surface area contributed by atoms with Gasteiger partial charge in [-0.25, -0.2) is 22.0 Å². The van der Waals surface area contributed by atoms with Crippen molar-refractivity contribution in [3.63, 3.8) is 0 Å². The van der Waals surface area contributed by atoms with Gasteiger partial charge in [-0.15, -0.1) is 0 Å². The van der Waals surface area contributed by atoms with E-state index in [0.29, 0.717) is 5.56 Å². The van der Waals surface area contributed by atoms with Gasteiger partial charge in [0, 0.05) is 5.56 Å². The second kappa shape index (κ2) is 6.09. The van der Waals surface area contributed by atoms with Crippen LogP contribution in [0.15, 0.2) is 35.4 Å². The van der Waals surface area contributed by atoms with Crippen LogP contribution in [0.2, 0.25) is 0 Å². The van der Waals surface area contributed by atoms with Gasteiger partial charge in [0.1, 0.15) is 5.69 Å². The van der Waals surface area contributed by atoms with E-state index >= 15 is 0 Å². The maximum atomic E-state index is 13.4. The molecule has 2 aromatic rings. The molecular formula is C13H6ClF5N2. The fourth-order valence-electron chi connectivity index (χ4n) is 1.45. The number of hydrazone groups is 1. The molecular weight excluding hydrogens is 315 g/mol. The van der Waals surface area contributed by atoms with E-state index in [4.69, 9.17) is 11.6 Å². The second-order valence-electron chi connectivity index (χ2n) is 3.83. The van der Waals surface area contributed by atoms with E-state index in [1.54, 1.807) is 35.8 Å². The highest BCUT2D eigenvalue weighted by molar-refractivity contribution is 6.69. The number of anilines is 1. The van der Waals surface area contributed by atoms with Crippen molar-refractivity contribution in [2.24, 2.45) is 5.10 Å². The number of hydrogen-bond acceptors (Lipinski definition) is 2. The van der Waals surface area contributed by atoms with E-state index in [2.05, 4.69) is 5.10 Å². The predicted molar refractivity (Wildman–Crippen MR) is 68.7 cm³/mol. The molecule has 8 heteroatoms. The predicted octanol–water partition coefficient (Wildman–Crippen LogP) is 4.39. The minimum atomic E-state index is -2.24. The largest absolute Gasteiger partial charge is 0.271 e. The van der Waals surface area contributed by atoms with Gasteiger partial charge in [0.25, 0.3) is 0 Å². The lowest BCUT2D eigenvalue weighted by Gasteiger charge is -2.07. The van der Waals surface area contributed by atoms with Crippen molar-refractivity contribution >= 4 is 22.5 Å². The monoisotopic (exact) mass is 320 g/mol. The summed E-state index contributed by atoms with van der Waals surface area (Å²) in [4.78, 5) is 0. The summed E-state index contributed by atoms with van der Waals surface area (Å²) in [5.74, 6) is -10.4. The topological polar surface area (TPSA) is 24.4 Å². The van der Waals surface area contributed by atoms with Gasteiger partial charge in [-0.3, -0.25) is 5.43 Å². The maximum Gasteiger partial charge on any atom is 0.200 e. The number of benzene rings is 2. The quantitative estimate of drug-likeness (QED) is 0.293. The molecule has 0 atom stereocenters. The molecule has 0 spiro atoms. The Hall–Kier alpha value is -2.15. The lowest BCUT2D eigenvalue weighted by Crippen LogP contribution is -2.07. The van der Waals surface area contributed by atoms with Crippen LogP contribution in [0.1, 0.15) is 5.56 Å². The van der Waals surface area contributed by atoms with E-state index in [1.807, 2.05) is 0 Å². The average molecular weight is 321 g/mol. The molecule has 0 fully saturated rings. The summed E-state index contributed by atoms with van der Waals surface area (Å²) in [6, 6.07) is 8.06. The highest BCUT2D eigenvalue weighted by Crippen LogP contribution is 2.27. The molecule has 0 amide bonds. The van der Waals surface area contributed by atoms with Crippen LogP contribution in [0, 0.1) is 29.1 Å². The van der Waals surface area contributed by atoms with Crippen LogP contribution in [-0.2, 0) is 0 Å². The van der Waals surface area contributed by atoms with Crippen molar-refractivity contribution in [2.45, 2.75) is 0 Å². The van der Waals surface area contributed by atoms with Gasteiger partial charge in [-0.1, -0.05) is 41.9 Å². The molecule has 110 valence electrons. The molecule has 0 unspecified atom stereocenters. The van der Waals surface area contributed by atoms with E-state index in [-0.39, 0.29) is 5.17 Å². The molecule has 0 heterocycles. The molecule has 0 saturated carbocycles. The maximum absolute atomic E-state index is 13.4. The van der Waals surface area contributed by atoms with Gasteiger partial charge in [0.2, 0.25) is 5.82 Å². The van der Waals surface area contributed by atoms with Crippen molar-refractivity contribution in [3.05, 3.63) is 65.0 Å². The molecule has 0 aliphatic carbocycles. The summed E-state index contributed by atoms with van der Waals surface area (Å²) in [6.45, 7) is 0. The van der Waals surface area contributed by atoms with Crippen molar-refractivity contribution in [1.82, 2.24) is 0 Å². The summed E-state index contributed by atoms with van der Waals surface area (Å²) in [5, 5.41) is 3.19. The van der Waals surface area contributed by atoms with Crippen molar-refractivity contribution in [3.8, 4) is 0 Å². The van der Waals surface area contributed by atoms with Gasteiger partial charge in [0.05, 0.1) is 0 Å². The first-order valence-electron chi connectivity index (χ1n) is 5.49. The highest BCUT2D eigenvalue weighted by atomic mass is 35.5. The van der Waals surface area contributed by atoms with Crippen LogP contribution in [0.3, 0.4) is 0 Å². The molecule has 0 radical (unpaired) electrons. The normalized spacial score (nSPS) is 11.6. The lowest BCUT2D eigenvalue weighted by molar-refractivity contribution is 0.381. The minimum Gasteiger partial charge on any atom is -0.271 e. The Kier molecular flexibility index (Phi) is 4.42. The summed E-state index contributed by atoms with van der Waals surface area (Å²) in [7, 11) is 0. The first kappa shape index (κ1) is 15.2. The van der Waals surface area contributed by atoms with E-state index in [1.165, 1.54) is 0 Å². The summed E-state index contributed by atoms with van der Waals surface area (Å²) < 4.78 is 65.5. The van der Waals surface area contributed by atoms with E-state index < -0.39 is 34.8 Å². The molecule has 21 heavy (non-hydrogen) atoms. The molecule has 0 aromatic heterocycles. The van der Waals surface area contributed by atoms with Gasteiger partial charge < -0.3 is 0 Å². The van der Waals surface area contributed by atoms with Gasteiger partial charge in [0.15, 0.2) is 28.4 Å². The lowest BCUT2D eigenvalue weighted by atomic mass is 10.2.